The topological polar surface area (TPSA) is 62.1 Å². The minimum atomic E-state index is 0.285. The summed E-state index contributed by atoms with van der Waals surface area (Å²) in [5.74, 6) is 4.00. The molecule has 0 N–H and O–H groups in total. The number of thioether (sulfide) groups is 1. The summed E-state index contributed by atoms with van der Waals surface area (Å²) in [6.45, 7) is 4.90. The highest BCUT2D eigenvalue weighted by molar-refractivity contribution is 7.98. The summed E-state index contributed by atoms with van der Waals surface area (Å²) in [5, 5.41) is 12.8. The summed E-state index contributed by atoms with van der Waals surface area (Å²) in [6.07, 6.45) is 4.33. The van der Waals surface area contributed by atoms with E-state index in [4.69, 9.17) is 14.5 Å². The van der Waals surface area contributed by atoms with Crippen LogP contribution in [-0.2, 0) is 12.3 Å². The molecule has 1 aliphatic carbocycles. The molecule has 0 radical (unpaired) electrons. The smallest absolute Gasteiger partial charge is 0.231 e. The maximum atomic E-state index is 5.46. The molecule has 1 fully saturated rings. The van der Waals surface area contributed by atoms with Crippen LogP contribution in [0.1, 0.15) is 30.3 Å². The van der Waals surface area contributed by atoms with Crippen molar-refractivity contribution in [3.63, 3.8) is 0 Å². The Morgan fingerprint density at radius 1 is 1.26 bits per heavy atom. The zero-order valence-corrected chi connectivity index (χ0v) is 16.3. The van der Waals surface area contributed by atoms with E-state index in [2.05, 4.69) is 26.7 Å². The molecule has 2 aromatic heterocycles. The van der Waals surface area contributed by atoms with Crippen molar-refractivity contribution < 1.29 is 9.47 Å². The van der Waals surface area contributed by atoms with Crippen molar-refractivity contribution in [1.82, 2.24) is 19.7 Å². The zero-order valence-electron chi connectivity index (χ0n) is 14.6. The maximum Gasteiger partial charge on any atom is 0.231 e. The summed E-state index contributed by atoms with van der Waals surface area (Å²) < 4.78 is 13.0. The van der Waals surface area contributed by atoms with Gasteiger partial charge < -0.3 is 14.0 Å². The lowest BCUT2D eigenvalue weighted by Crippen LogP contribution is -2.02. The van der Waals surface area contributed by atoms with Gasteiger partial charge in [-0.3, -0.25) is 0 Å². The van der Waals surface area contributed by atoms with Gasteiger partial charge in [-0.1, -0.05) is 17.8 Å². The fourth-order valence-electron chi connectivity index (χ4n) is 3.02. The third-order valence-corrected chi connectivity index (χ3v) is 6.46. The molecule has 0 spiro atoms. The fourth-order valence-corrected chi connectivity index (χ4v) is 4.79. The van der Waals surface area contributed by atoms with Crippen LogP contribution in [-0.4, -0.2) is 26.5 Å². The number of hydrogen-bond donors (Lipinski definition) is 0. The molecule has 0 amide bonds. The summed E-state index contributed by atoms with van der Waals surface area (Å²) in [5.41, 5.74) is 2.09. The van der Waals surface area contributed by atoms with E-state index < -0.39 is 0 Å². The van der Waals surface area contributed by atoms with Gasteiger partial charge in [-0.25, -0.2) is 4.98 Å². The molecule has 3 heterocycles. The van der Waals surface area contributed by atoms with Crippen molar-refractivity contribution in [1.29, 1.82) is 0 Å². The summed E-state index contributed by atoms with van der Waals surface area (Å²) in [4.78, 5) is 4.77. The molecule has 0 atom stereocenters. The van der Waals surface area contributed by atoms with Gasteiger partial charge in [-0.2, -0.15) is 0 Å². The van der Waals surface area contributed by atoms with E-state index in [1.54, 1.807) is 23.1 Å². The predicted octanol–water partition coefficient (Wildman–Crippen LogP) is 4.49. The Morgan fingerprint density at radius 3 is 3.00 bits per heavy atom. The molecule has 0 saturated heterocycles. The first-order valence-electron chi connectivity index (χ1n) is 8.83. The second kappa shape index (κ2) is 7.01. The highest BCUT2D eigenvalue weighted by atomic mass is 32.2. The average molecular weight is 399 g/mol. The Balaban J connectivity index is 1.31. The van der Waals surface area contributed by atoms with E-state index in [9.17, 15) is 0 Å². The molecular formula is C19H18N4O2S2. The van der Waals surface area contributed by atoms with Crippen LogP contribution in [0.25, 0.3) is 10.6 Å². The first-order valence-corrected chi connectivity index (χ1v) is 10.7. The summed E-state index contributed by atoms with van der Waals surface area (Å²) in [7, 11) is 0. The zero-order chi connectivity index (χ0) is 18.2. The van der Waals surface area contributed by atoms with Crippen molar-refractivity contribution in [2.45, 2.75) is 36.2 Å². The third kappa shape index (κ3) is 3.35. The highest BCUT2D eigenvalue weighted by Gasteiger charge is 2.30. The maximum absolute atomic E-state index is 5.46. The lowest BCUT2D eigenvalue weighted by atomic mass is 10.2. The van der Waals surface area contributed by atoms with E-state index in [1.807, 2.05) is 24.3 Å². The van der Waals surface area contributed by atoms with Gasteiger partial charge in [-0.15, -0.1) is 28.1 Å². The Morgan fingerprint density at radius 2 is 2.15 bits per heavy atom. The van der Waals surface area contributed by atoms with Crippen LogP contribution in [0.2, 0.25) is 0 Å². The molecule has 0 bridgehead atoms. The predicted molar refractivity (Wildman–Crippen MR) is 105 cm³/mol. The van der Waals surface area contributed by atoms with Crippen molar-refractivity contribution in [3.8, 4) is 22.1 Å². The first kappa shape index (κ1) is 16.8. The molecule has 27 heavy (non-hydrogen) atoms. The summed E-state index contributed by atoms with van der Waals surface area (Å²) in [6, 6.07) is 5.94. The van der Waals surface area contributed by atoms with Crippen molar-refractivity contribution in [2.75, 3.05) is 6.79 Å². The molecule has 6 nitrogen and oxygen atoms in total. The Kier molecular flexibility index (Phi) is 4.37. The quantitative estimate of drug-likeness (QED) is 0.432. The van der Waals surface area contributed by atoms with Gasteiger partial charge in [0.2, 0.25) is 6.79 Å². The van der Waals surface area contributed by atoms with E-state index in [0.29, 0.717) is 5.92 Å². The van der Waals surface area contributed by atoms with E-state index in [-0.39, 0.29) is 6.79 Å². The van der Waals surface area contributed by atoms with Gasteiger partial charge in [-0.05, 0) is 31.0 Å². The normalized spacial score (nSPS) is 15.3. The molecule has 1 aromatic carbocycles. The minimum absolute atomic E-state index is 0.285. The molecule has 8 heteroatoms. The van der Waals surface area contributed by atoms with Crippen LogP contribution >= 0.6 is 23.1 Å². The van der Waals surface area contributed by atoms with E-state index in [0.717, 1.165) is 51.0 Å². The number of rotatable bonds is 7. The fraction of sp³-hybridized carbons (Fsp3) is 0.316. The van der Waals surface area contributed by atoms with Crippen molar-refractivity contribution in [3.05, 3.63) is 47.8 Å². The van der Waals surface area contributed by atoms with Crippen molar-refractivity contribution >= 4 is 23.1 Å². The minimum Gasteiger partial charge on any atom is -0.454 e. The Labute approximate surface area is 165 Å². The van der Waals surface area contributed by atoms with Crippen LogP contribution < -0.4 is 9.47 Å². The number of aromatic nitrogens is 4. The second-order valence-electron chi connectivity index (χ2n) is 6.52. The monoisotopic (exact) mass is 398 g/mol. The lowest BCUT2D eigenvalue weighted by Gasteiger charge is -2.06. The SMILES string of the molecule is C=CCn1c(SCc2csc(-c3ccc4c(c3)OCO4)n2)nnc1C1CC1. The van der Waals surface area contributed by atoms with Gasteiger partial charge in [0, 0.05) is 29.2 Å². The number of hydrogen-bond acceptors (Lipinski definition) is 7. The molecule has 2 aliphatic rings. The van der Waals surface area contributed by atoms with Crippen molar-refractivity contribution in [2.24, 2.45) is 0 Å². The average Bonchev–Trinajstić information content (AvgIpc) is 3.09. The van der Waals surface area contributed by atoms with Gasteiger partial charge in [0.05, 0.1) is 5.69 Å². The first-order chi connectivity index (χ1) is 13.3. The third-order valence-electron chi connectivity index (χ3n) is 4.52. The number of nitrogens with zero attached hydrogens (tertiary/aromatic N) is 4. The van der Waals surface area contributed by atoms with Gasteiger partial charge in [0.15, 0.2) is 16.7 Å². The van der Waals surface area contributed by atoms with Crippen LogP contribution in [0.15, 0.2) is 41.4 Å². The molecule has 1 aliphatic heterocycles. The standard InChI is InChI=1S/C19H18N4O2S2/c1-2-7-23-17(12-3-4-12)21-22-19(23)27-10-14-9-26-18(20-14)13-5-6-15-16(8-13)25-11-24-15/h2,5-6,8-9,12H,1,3-4,7,10-11H2. The molecule has 3 aromatic rings. The van der Waals surface area contributed by atoms with E-state index >= 15 is 0 Å². The highest BCUT2D eigenvalue weighted by Crippen LogP contribution is 2.40. The van der Waals surface area contributed by atoms with Crippen LogP contribution in [0.4, 0.5) is 0 Å². The Bertz CT molecular complexity index is 994. The summed E-state index contributed by atoms with van der Waals surface area (Å²) >= 11 is 3.31. The molecular weight excluding hydrogens is 380 g/mol. The number of fused-ring (bicyclic) bond motifs is 1. The second-order valence-corrected chi connectivity index (χ2v) is 8.32. The van der Waals surface area contributed by atoms with Crippen LogP contribution in [0, 0.1) is 0 Å². The largest absolute Gasteiger partial charge is 0.454 e. The number of allylic oxidation sites excluding steroid dienone is 1. The van der Waals surface area contributed by atoms with Crippen LogP contribution in [0.5, 0.6) is 11.5 Å². The van der Waals surface area contributed by atoms with Gasteiger partial charge in [0.25, 0.3) is 0 Å². The molecule has 1 saturated carbocycles. The molecule has 0 unspecified atom stereocenters. The van der Waals surface area contributed by atoms with Gasteiger partial charge >= 0.3 is 0 Å². The van der Waals surface area contributed by atoms with E-state index in [1.165, 1.54) is 12.8 Å². The Hall–Kier alpha value is -2.32. The number of benzene rings is 1. The lowest BCUT2D eigenvalue weighted by molar-refractivity contribution is 0.174. The molecule has 138 valence electrons. The number of ether oxygens (including phenoxy) is 2. The van der Waals surface area contributed by atoms with Gasteiger partial charge in [0.1, 0.15) is 10.8 Å². The number of thiazole rings is 1. The van der Waals surface area contributed by atoms with Crippen LogP contribution in [0.3, 0.4) is 0 Å². The molecule has 5 rings (SSSR count).